The maximum atomic E-state index is 12.0. The zero-order chi connectivity index (χ0) is 13.6. The smallest absolute Gasteiger partial charge is 0.297 e. The molecule has 6 nitrogen and oxygen atoms in total. The van der Waals surface area contributed by atoms with Crippen LogP contribution >= 0.6 is 15.9 Å². The van der Waals surface area contributed by atoms with Gasteiger partial charge in [-0.05, 0) is 35.0 Å². The van der Waals surface area contributed by atoms with E-state index in [2.05, 4.69) is 30.9 Å². The van der Waals surface area contributed by atoms with Crippen molar-refractivity contribution in [2.75, 3.05) is 4.90 Å². The molecule has 1 amide bonds. The Kier molecular flexibility index (Phi) is 2.70. The lowest BCUT2D eigenvalue weighted by molar-refractivity contribution is -0.114. The van der Waals surface area contributed by atoms with E-state index in [0.717, 1.165) is 0 Å². The van der Waals surface area contributed by atoms with Crippen LogP contribution in [0, 0.1) is 6.92 Å². The van der Waals surface area contributed by atoms with Crippen LogP contribution in [0.5, 0.6) is 0 Å². The fourth-order valence-corrected chi connectivity index (χ4v) is 2.59. The molecule has 1 aliphatic rings. The summed E-state index contributed by atoms with van der Waals surface area (Å²) in [5.74, 6) is -1.07. The van der Waals surface area contributed by atoms with Crippen LogP contribution in [0.3, 0.4) is 0 Å². The lowest BCUT2D eigenvalue weighted by atomic mass is 10.1. The first-order valence-electron chi connectivity index (χ1n) is 5.52. The van der Waals surface area contributed by atoms with Gasteiger partial charge >= 0.3 is 0 Å². The maximum Gasteiger partial charge on any atom is 0.299 e. The fourth-order valence-electron chi connectivity index (χ4n) is 2.01. The first-order chi connectivity index (χ1) is 9.09. The number of hydrogen-bond donors (Lipinski definition) is 0. The minimum Gasteiger partial charge on any atom is -0.297 e. The molecule has 0 N–H and O–H groups in total. The van der Waals surface area contributed by atoms with Gasteiger partial charge in [0, 0.05) is 4.47 Å². The minimum absolute atomic E-state index is 0.162. The van der Waals surface area contributed by atoms with Crippen LogP contribution in [0.15, 0.2) is 27.3 Å². The molecule has 0 aliphatic carbocycles. The quantitative estimate of drug-likeness (QED) is 0.789. The van der Waals surface area contributed by atoms with Crippen molar-refractivity contribution in [3.05, 3.63) is 39.6 Å². The van der Waals surface area contributed by atoms with Gasteiger partial charge in [-0.25, -0.2) is 4.63 Å². The Morgan fingerprint density at radius 3 is 2.79 bits per heavy atom. The average molecular weight is 322 g/mol. The average Bonchev–Trinajstić information content (AvgIpc) is 2.89. The van der Waals surface area contributed by atoms with Gasteiger partial charge in [-0.2, -0.15) is 0 Å². The highest BCUT2D eigenvalue weighted by molar-refractivity contribution is 9.10. The van der Waals surface area contributed by atoms with Crippen molar-refractivity contribution in [1.82, 2.24) is 10.3 Å². The summed E-state index contributed by atoms with van der Waals surface area (Å²) in [5.41, 5.74) is 2.10. The number of amides is 1. The number of hydrogen-bond acceptors (Lipinski definition) is 5. The van der Waals surface area contributed by atoms with E-state index in [1.165, 1.54) is 4.90 Å². The van der Waals surface area contributed by atoms with Crippen LogP contribution < -0.4 is 4.90 Å². The molecule has 19 heavy (non-hydrogen) atoms. The summed E-state index contributed by atoms with van der Waals surface area (Å²) in [7, 11) is 0. The summed E-state index contributed by atoms with van der Waals surface area (Å²) in [6, 6.07) is 5.14. The molecular weight excluding hydrogens is 314 g/mol. The third-order valence-electron chi connectivity index (χ3n) is 3.00. The van der Waals surface area contributed by atoms with Crippen LogP contribution in [-0.2, 0) is 11.3 Å². The molecule has 0 fully saturated rings. The van der Waals surface area contributed by atoms with Gasteiger partial charge in [0.05, 0.1) is 17.8 Å². The minimum atomic E-state index is -0.565. The lowest BCUT2D eigenvalue weighted by Gasteiger charge is -2.16. The van der Waals surface area contributed by atoms with Crippen molar-refractivity contribution in [2.24, 2.45) is 0 Å². The second-order valence-corrected chi connectivity index (χ2v) is 5.01. The Bertz CT molecular complexity index is 695. The summed E-state index contributed by atoms with van der Waals surface area (Å²) >= 11 is 3.36. The predicted molar refractivity (Wildman–Crippen MR) is 68.7 cm³/mol. The van der Waals surface area contributed by atoms with Crippen LogP contribution in [0.25, 0.3) is 0 Å². The number of ketones is 1. The number of aromatic nitrogens is 2. The highest BCUT2D eigenvalue weighted by Gasteiger charge is 2.37. The van der Waals surface area contributed by atoms with Crippen LogP contribution in [-0.4, -0.2) is 22.0 Å². The van der Waals surface area contributed by atoms with Gasteiger partial charge in [0.1, 0.15) is 11.4 Å². The number of benzene rings is 1. The van der Waals surface area contributed by atoms with Crippen molar-refractivity contribution in [2.45, 2.75) is 13.5 Å². The van der Waals surface area contributed by atoms with Gasteiger partial charge in [-0.3, -0.25) is 14.5 Å². The summed E-state index contributed by atoms with van der Waals surface area (Å²) < 4.78 is 5.29. The molecule has 0 spiro atoms. The Balaban J connectivity index is 2.07. The number of Topliss-reactive ketones (excluding diaryl/α,β-unsaturated/α-hetero) is 1. The number of carbonyl (C=O) groups excluding carboxylic acids is 2. The van der Waals surface area contributed by atoms with E-state index in [-0.39, 0.29) is 6.54 Å². The molecule has 0 radical (unpaired) electrons. The first kappa shape index (κ1) is 12.0. The highest BCUT2D eigenvalue weighted by atomic mass is 79.9. The predicted octanol–water partition coefficient (Wildman–Crippen LogP) is 1.87. The number of nitrogens with zero attached hydrogens (tertiary/aromatic N) is 3. The van der Waals surface area contributed by atoms with E-state index in [0.29, 0.717) is 27.1 Å². The topological polar surface area (TPSA) is 76.3 Å². The van der Waals surface area contributed by atoms with Gasteiger partial charge in [0.2, 0.25) is 0 Å². The van der Waals surface area contributed by atoms with E-state index in [4.69, 9.17) is 0 Å². The summed E-state index contributed by atoms with van der Waals surface area (Å²) in [6.45, 7) is 1.89. The summed E-state index contributed by atoms with van der Waals surface area (Å²) in [4.78, 5) is 25.3. The zero-order valence-electron chi connectivity index (χ0n) is 9.88. The largest absolute Gasteiger partial charge is 0.299 e. The normalized spacial score (nSPS) is 14.1. The van der Waals surface area contributed by atoms with E-state index in [1.807, 2.05) is 0 Å². The second kappa shape index (κ2) is 4.27. The summed E-state index contributed by atoms with van der Waals surface area (Å²) in [5, 5.41) is 7.40. The molecule has 2 aromatic rings. The Hall–Kier alpha value is -2.02. The molecule has 1 aromatic carbocycles. The van der Waals surface area contributed by atoms with Crippen molar-refractivity contribution < 1.29 is 14.2 Å². The number of carbonyl (C=O) groups is 2. The molecule has 0 unspecified atom stereocenters. The molecule has 1 aromatic heterocycles. The molecule has 0 bridgehead atoms. The maximum absolute atomic E-state index is 12.0. The van der Waals surface area contributed by atoms with E-state index in [1.54, 1.807) is 25.1 Å². The van der Waals surface area contributed by atoms with Crippen molar-refractivity contribution in [3.8, 4) is 0 Å². The molecule has 7 heteroatoms. The molecule has 1 aliphatic heterocycles. The standard InChI is InChI=1S/C12H8BrN3O3/c1-6-9(15-19-14-6)5-16-10-7(11(17)12(16)18)3-2-4-8(10)13/h2-4H,5H2,1H3. The van der Waals surface area contributed by atoms with Gasteiger partial charge < -0.3 is 0 Å². The van der Waals surface area contributed by atoms with Crippen LogP contribution in [0.1, 0.15) is 21.7 Å². The van der Waals surface area contributed by atoms with E-state index >= 15 is 0 Å². The number of fused-ring (bicyclic) bond motifs is 1. The Morgan fingerprint density at radius 2 is 2.11 bits per heavy atom. The third-order valence-corrected chi connectivity index (χ3v) is 3.63. The second-order valence-electron chi connectivity index (χ2n) is 4.15. The highest BCUT2D eigenvalue weighted by Crippen LogP contribution is 2.36. The number of anilines is 1. The summed E-state index contributed by atoms with van der Waals surface area (Å²) in [6.07, 6.45) is 0. The first-order valence-corrected chi connectivity index (χ1v) is 6.31. The molecule has 2 heterocycles. The molecule has 3 rings (SSSR count). The van der Waals surface area contributed by atoms with Gasteiger partial charge in [0.25, 0.3) is 11.7 Å². The van der Waals surface area contributed by atoms with Crippen molar-refractivity contribution in [3.63, 3.8) is 0 Å². The van der Waals surface area contributed by atoms with Crippen molar-refractivity contribution >= 4 is 33.3 Å². The van der Waals surface area contributed by atoms with Crippen LogP contribution in [0.4, 0.5) is 5.69 Å². The number of halogens is 1. The molecule has 0 saturated carbocycles. The molecule has 0 saturated heterocycles. The zero-order valence-corrected chi connectivity index (χ0v) is 11.5. The lowest BCUT2D eigenvalue weighted by Crippen LogP contribution is -2.29. The monoisotopic (exact) mass is 321 g/mol. The van der Waals surface area contributed by atoms with Crippen LogP contribution in [0.2, 0.25) is 0 Å². The Labute approximate surface area is 116 Å². The number of rotatable bonds is 2. The van der Waals surface area contributed by atoms with E-state index in [9.17, 15) is 9.59 Å². The van der Waals surface area contributed by atoms with Gasteiger partial charge in [-0.15, -0.1) is 0 Å². The number of aryl methyl sites for hydroxylation is 1. The third kappa shape index (κ3) is 1.77. The Morgan fingerprint density at radius 1 is 1.32 bits per heavy atom. The molecule has 0 atom stereocenters. The van der Waals surface area contributed by atoms with Crippen molar-refractivity contribution in [1.29, 1.82) is 0 Å². The molecule has 96 valence electrons. The van der Waals surface area contributed by atoms with Gasteiger partial charge in [0.15, 0.2) is 0 Å². The van der Waals surface area contributed by atoms with Gasteiger partial charge in [-0.1, -0.05) is 16.4 Å². The number of para-hydroxylation sites is 1. The fraction of sp³-hybridized carbons (Fsp3) is 0.167. The van der Waals surface area contributed by atoms with E-state index < -0.39 is 11.7 Å². The molecular formula is C12H8BrN3O3. The SMILES string of the molecule is Cc1nonc1CN1C(=O)C(=O)c2cccc(Br)c21.